The lowest BCUT2D eigenvalue weighted by Gasteiger charge is -2.27. The van der Waals surface area contributed by atoms with Crippen molar-refractivity contribution in [2.45, 2.75) is 45.2 Å². The van der Waals surface area contributed by atoms with Gasteiger partial charge in [0.15, 0.2) is 0 Å². The normalized spacial score (nSPS) is 18.4. The van der Waals surface area contributed by atoms with Crippen molar-refractivity contribution in [3.8, 4) is 11.5 Å². The van der Waals surface area contributed by atoms with Crippen molar-refractivity contribution < 1.29 is 23.8 Å². The van der Waals surface area contributed by atoms with Crippen LogP contribution in [0.2, 0.25) is 0 Å². The van der Waals surface area contributed by atoms with Gasteiger partial charge in [-0.3, -0.25) is 9.59 Å². The molecule has 7 nitrogen and oxygen atoms in total. The van der Waals surface area contributed by atoms with Crippen molar-refractivity contribution in [2.75, 3.05) is 6.54 Å². The average molecular weight is 464 g/mol. The van der Waals surface area contributed by atoms with Crippen molar-refractivity contribution >= 4 is 22.6 Å². The Hall–Kier alpha value is -3.68. The molecule has 2 heterocycles. The number of nitrogens with zero attached hydrogens (tertiary/aromatic N) is 2. The fraction of sp³-hybridized carbons (Fsp3) is 0.346. The van der Waals surface area contributed by atoms with E-state index in [2.05, 4.69) is 0 Å². The summed E-state index contributed by atoms with van der Waals surface area (Å²) in [5.41, 5.74) is -0.180. The zero-order valence-electron chi connectivity index (χ0n) is 18.8. The predicted octanol–water partition coefficient (Wildman–Crippen LogP) is 4.72. The number of halogens is 1. The molecule has 0 unspecified atom stereocenters. The van der Waals surface area contributed by atoms with Crippen molar-refractivity contribution in [3.05, 3.63) is 69.9 Å². The van der Waals surface area contributed by atoms with Gasteiger partial charge in [0.2, 0.25) is 5.91 Å². The van der Waals surface area contributed by atoms with Crippen LogP contribution in [0, 0.1) is 11.7 Å². The molecule has 5 rings (SSSR count). The molecule has 1 aromatic heterocycles. The zero-order valence-corrected chi connectivity index (χ0v) is 18.8. The molecule has 0 radical (unpaired) electrons. The van der Waals surface area contributed by atoms with E-state index in [4.69, 9.17) is 4.74 Å². The van der Waals surface area contributed by atoms with E-state index in [-0.39, 0.29) is 35.7 Å². The topological polar surface area (TPSA) is 88.8 Å². The third kappa shape index (κ3) is 4.04. The molecular formula is C26H25FN2O5. The van der Waals surface area contributed by atoms with Gasteiger partial charge in [0.1, 0.15) is 17.3 Å². The average Bonchev–Trinajstić information content (AvgIpc) is 3.07. The summed E-state index contributed by atoms with van der Waals surface area (Å²) in [7, 11) is 0. The number of carboxylic acids is 1. The van der Waals surface area contributed by atoms with Gasteiger partial charge < -0.3 is 19.3 Å². The van der Waals surface area contributed by atoms with E-state index in [0.29, 0.717) is 35.1 Å². The molecule has 2 aliphatic rings. The van der Waals surface area contributed by atoms with E-state index >= 15 is 0 Å². The molecule has 1 saturated carbocycles. The molecule has 34 heavy (non-hydrogen) atoms. The summed E-state index contributed by atoms with van der Waals surface area (Å²) in [6.45, 7) is 2.64. The number of aromatic carboxylic acids is 1. The molecular weight excluding hydrogens is 439 g/mol. The molecule has 1 N–H and O–H groups in total. The van der Waals surface area contributed by atoms with Gasteiger partial charge in [-0.1, -0.05) is 6.92 Å². The Balaban J connectivity index is 1.49. The summed E-state index contributed by atoms with van der Waals surface area (Å²) >= 11 is 0. The molecule has 1 amide bonds. The Morgan fingerprint density at radius 1 is 1.18 bits per heavy atom. The van der Waals surface area contributed by atoms with Crippen LogP contribution >= 0.6 is 0 Å². The second kappa shape index (κ2) is 8.59. The molecule has 1 saturated heterocycles. The SMILES string of the molecule is C[C@H]1CC(=O)N(Cc2cc(F)c(C(=O)O)cc2Oc2ccc3c(=O)n(C4CCC4)ccc3c2)C1. The standard InChI is InChI=1S/C26H25FN2O5/c1-15-9-24(30)28(13-15)14-17-11-22(27)21(26(32)33)12-23(17)34-19-5-6-20-16(10-19)7-8-29(25(20)31)18-3-2-4-18/h5-8,10-12,15,18H,2-4,9,13-14H2,1H3,(H,32,33)/t15-/m0/s1. The minimum absolute atomic E-state index is 0.0328. The van der Waals surface area contributed by atoms with Gasteiger partial charge in [0.25, 0.3) is 5.56 Å². The highest BCUT2D eigenvalue weighted by atomic mass is 19.1. The summed E-state index contributed by atoms with van der Waals surface area (Å²) in [5, 5.41) is 10.6. The molecule has 176 valence electrons. The molecule has 2 aromatic carbocycles. The Morgan fingerprint density at radius 2 is 1.97 bits per heavy atom. The zero-order chi connectivity index (χ0) is 24.0. The summed E-state index contributed by atoms with van der Waals surface area (Å²) in [6, 6.07) is 9.42. The van der Waals surface area contributed by atoms with E-state index in [9.17, 15) is 23.9 Å². The number of carbonyl (C=O) groups excluding carboxylic acids is 1. The smallest absolute Gasteiger partial charge is 0.338 e. The van der Waals surface area contributed by atoms with Crippen LogP contribution in [0.3, 0.4) is 0 Å². The number of pyridine rings is 1. The maximum absolute atomic E-state index is 14.5. The largest absolute Gasteiger partial charge is 0.478 e. The third-order valence-corrected chi connectivity index (χ3v) is 6.75. The molecule has 0 bridgehead atoms. The predicted molar refractivity (Wildman–Crippen MR) is 124 cm³/mol. The van der Waals surface area contributed by atoms with E-state index in [1.165, 1.54) is 0 Å². The fourth-order valence-electron chi connectivity index (χ4n) is 4.69. The van der Waals surface area contributed by atoms with E-state index in [0.717, 1.165) is 31.4 Å². The second-order valence-corrected chi connectivity index (χ2v) is 9.29. The first-order valence-electron chi connectivity index (χ1n) is 11.5. The van der Waals surface area contributed by atoms with Gasteiger partial charge in [-0.15, -0.1) is 0 Å². The van der Waals surface area contributed by atoms with Crippen LogP contribution in [0.1, 0.15) is 54.6 Å². The maximum Gasteiger partial charge on any atom is 0.338 e. The quantitative estimate of drug-likeness (QED) is 0.570. The van der Waals surface area contributed by atoms with Gasteiger partial charge in [-0.2, -0.15) is 0 Å². The summed E-state index contributed by atoms with van der Waals surface area (Å²) in [6.07, 6.45) is 5.36. The van der Waals surface area contributed by atoms with E-state index < -0.39 is 17.3 Å². The highest BCUT2D eigenvalue weighted by Crippen LogP contribution is 2.33. The number of likely N-dealkylation sites (tertiary alicyclic amines) is 1. The number of hydrogen-bond acceptors (Lipinski definition) is 4. The minimum Gasteiger partial charge on any atom is -0.478 e. The molecule has 8 heteroatoms. The Labute approximate surface area is 195 Å². The van der Waals surface area contributed by atoms with Gasteiger partial charge in [0, 0.05) is 42.7 Å². The van der Waals surface area contributed by atoms with E-state index in [1.54, 1.807) is 33.9 Å². The number of amides is 1. The highest BCUT2D eigenvalue weighted by molar-refractivity contribution is 5.89. The Bertz CT molecular complexity index is 1360. The lowest BCUT2D eigenvalue weighted by molar-refractivity contribution is -0.128. The second-order valence-electron chi connectivity index (χ2n) is 9.29. The number of ether oxygens (including phenoxy) is 1. The van der Waals surface area contributed by atoms with Crippen molar-refractivity contribution in [1.82, 2.24) is 9.47 Å². The number of carboxylic acid groups (broad SMARTS) is 1. The Morgan fingerprint density at radius 3 is 2.62 bits per heavy atom. The summed E-state index contributed by atoms with van der Waals surface area (Å²) in [4.78, 5) is 38.3. The molecule has 1 aliphatic carbocycles. The molecule has 3 aromatic rings. The van der Waals surface area contributed by atoms with Crippen LogP contribution in [0.4, 0.5) is 4.39 Å². The lowest BCUT2D eigenvalue weighted by atomic mass is 9.92. The number of rotatable bonds is 6. The van der Waals surface area contributed by atoms with Gasteiger partial charge in [-0.25, -0.2) is 9.18 Å². The first kappa shape index (κ1) is 22.1. The summed E-state index contributed by atoms with van der Waals surface area (Å²) in [5.74, 6) is -1.58. The minimum atomic E-state index is -1.41. The van der Waals surface area contributed by atoms with Crippen LogP contribution in [0.25, 0.3) is 10.8 Å². The van der Waals surface area contributed by atoms with Crippen LogP contribution in [0.5, 0.6) is 11.5 Å². The van der Waals surface area contributed by atoms with E-state index in [1.807, 2.05) is 13.0 Å². The number of fused-ring (bicyclic) bond motifs is 1. The first-order valence-corrected chi connectivity index (χ1v) is 11.5. The lowest BCUT2D eigenvalue weighted by Crippen LogP contribution is -2.28. The van der Waals surface area contributed by atoms with Gasteiger partial charge in [0.05, 0.1) is 5.56 Å². The number of carbonyl (C=O) groups is 2. The molecule has 1 aliphatic heterocycles. The highest BCUT2D eigenvalue weighted by Gasteiger charge is 2.28. The maximum atomic E-state index is 14.5. The first-order chi connectivity index (χ1) is 16.3. The fourth-order valence-corrected chi connectivity index (χ4v) is 4.69. The number of benzene rings is 2. The van der Waals surface area contributed by atoms with Crippen LogP contribution < -0.4 is 10.3 Å². The molecule has 0 spiro atoms. The number of aromatic nitrogens is 1. The summed E-state index contributed by atoms with van der Waals surface area (Å²) < 4.78 is 22.3. The molecule has 2 fully saturated rings. The van der Waals surface area contributed by atoms with Crippen LogP contribution in [0.15, 0.2) is 47.4 Å². The number of hydrogen-bond donors (Lipinski definition) is 1. The monoisotopic (exact) mass is 464 g/mol. The Kier molecular flexibility index (Phi) is 5.59. The third-order valence-electron chi connectivity index (χ3n) is 6.75. The van der Waals surface area contributed by atoms with Gasteiger partial charge in [-0.05, 0) is 67.0 Å². The molecule has 1 atom stereocenters. The van der Waals surface area contributed by atoms with Crippen LogP contribution in [-0.2, 0) is 11.3 Å². The van der Waals surface area contributed by atoms with Crippen LogP contribution in [-0.4, -0.2) is 33.0 Å². The van der Waals surface area contributed by atoms with Gasteiger partial charge >= 0.3 is 5.97 Å². The van der Waals surface area contributed by atoms with Crippen molar-refractivity contribution in [2.24, 2.45) is 5.92 Å². The van der Waals surface area contributed by atoms with Crippen molar-refractivity contribution in [3.63, 3.8) is 0 Å². The van der Waals surface area contributed by atoms with Crippen molar-refractivity contribution in [1.29, 1.82) is 0 Å².